The summed E-state index contributed by atoms with van der Waals surface area (Å²) in [4.78, 5) is 12.6. The Kier molecular flexibility index (Phi) is 9.36. The summed E-state index contributed by atoms with van der Waals surface area (Å²) in [5.41, 5.74) is 1.92. The molecular formula is C26H36N2O5S. The van der Waals surface area contributed by atoms with Gasteiger partial charge in [-0.1, -0.05) is 12.1 Å². The molecule has 1 heterocycles. The van der Waals surface area contributed by atoms with Crippen LogP contribution in [0.25, 0.3) is 0 Å². The molecule has 0 saturated carbocycles. The van der Waals surface area contributed by atoms with Gasteiger partial charge in [0.2, 0.25) is 15.9 Å². The van der Waals surface area contributed by atoms with Gasteiger partial charge in [0.25, 0.3) is 0 Å². The van der Waals surface area contributed by atoms with Crippen molar-refractivity contribution in [3.05, 3.63) is 53.6 Å². The highest BCUT2D eigenvalue weighted by Crippen LogP contribution is 2.27. The summed E-state index contributed by atoms with van der Waals surface area (Å²) in [5, 5.41) is 2.96. The quantitative estimate of drug-likeness (QED) is 0.458. The summed E-state index contributed by atoms with van der Waals surface area (Å²) in [6, 6.07) is 12.9. The van der Waals surface area contributed by atoms with Crippen molar-refractivity contribution in [3.63, 3.8) is 0 Å². The molecule has 3 rings (SSSR count). The van der Waals surface area contributed by atoms with E-state index in [1.807, 2.05) is 26.0 Å². The van der Waals surface area contributed by atoms with Gasteiger partial charge in [-0.3, -0.25) is 4.79 Å². The third-order valence-corrected chi connectivity index (χ3v) is 7.73. The molecule has 0 atom stereocenters. The summed E-state index contributed by atoms with van der Waals surface area (Å²) in [6.07, 6.45) is 4.31. The van der Waals surface area contributed by atoms with Crippen LogP contribution in [0.4, 0.5) is 0 Å². The molecule has 8 heteroatoms. The van der Waals surface area contributed by atoms with Crippen LogP contribution >= 0.6 is 0 Å². The molecule has 0 radical (unpaired) electrons. The number of hydrogen-bond donors (Lipinski definition) is 1. The first kappa shape index (κ1) is 26.0. The number of amides is 1. The first-order chi connectivity index (χ1) is 16.3. The number of nitrogens with one attached hydrogen (secondary N) is 1. The summed E-state index contributed by atoms with van der Waals surface area (Å²) >= 11 is 0. The molecule has 0 unspecified atom stereocenters. The number of nitrogens with zero attached hydrogens (tertiary/aromatic N) is 1. The van der Waals surface area contributed by atoms with Crippen molar-refractivity contribution in [2.24, 2.45) is 0 Å². The lowest BCUT2D eigenvalue weighted by molar-refractivity contribution is -0.121. The predicted octanol–water partition coefficient (Wildman–Crippen LogP) is 3.95. The Morgan fingerprint density at radius 2 is 1.76 bits per heavy atom. The van der Waals surface area contributed by atoms with E-state index in [1.54, 1.807) is 25.3 Å². The molecule has 0 spiro atoms. The van der Waals surface area contributed by atoms with Gasteiger partial charge in [-0.15, -0.1) is 0 Å². The number of ether oxygens (including phenoxy) is 2. The van der Waals surface area contributed by atoms with Crippen molar-refractivity contribution >= 4 is 15.9 Å². The van der Waals surface area contributed by atoms with Crippen LogP contribution in [0.1, 0.15) is 50.7 Å². The van der Waals surface area contributed by atoms with Crippen LogP contribution in [0.2, 0.25) is 0 Å². The third-order valence-electron chi connectivity index (χ3n) is 5.84. The van der Waals surface area contributed by atoms with E-state index in [4.69, 9.17) is 9.47 Å². The molecule has 0 aliphatic carbocycles. The first-order valence-electron chi connectivity index (χ1n) is 12.0. The Bertz CT molecular complexity index is 1050. The molecule has 1 aliphatic heterocycles. The van der Waals surface area contributed by atoms with E-state index < -0.39 is 10.0 Å². The van der Waals surface area contributed by atoms with Crippen molar-refractivity contribution in [2.45, 2.75) is 63.4 Å². The van der Waals surface area contributed by atoms with E-state index in [0.717, 1.165) is 37.0 Å². The molecule has 7 nitrogen and oxygen atoms in total. The van der Waals surface area contributed by atoms with Gasteiger partial charge in [0.1, 0.15) is 11.5 Å². The number of rotatable bonds is 12. The van der Waals surface area contributed by atoms with Crippen LogP contribution in [0.5, 0.6) is 11.5 Å². The topological polar surface area (TPSA) is 84.9 Å². The molecule has 1 N–H and O–H groups in total. The minimum atomic E-state index is -3.51. The highest BCUT2D eigenvalue weighted by atomic mass is 32.2. The first-order valence-corrected chi connectivity index (χ1v) is 13.4. The lowest BCUT2D eigenvalue weighted by Gasteiger charge is -2.17. The second-order valence-electron chi connectivity index (χ2n) is 8.85. The van der Waals surface area contributed by atoms with Gasteiger partial charge < -0.3 is 14.8 Å². The Balaban J connectivity index is 1.47. The molecule has 2 aromatic carbocycles. The number of carbonyl (C=O) groups excluding carboxylic acids is 1. The fraction of sp³-hybridized carbons (Fsp3) is 0.500. The fourth-order valence-corrected chi connectivity index (χ4v) is 5.62. The smallest absolute Gasteiger partial charge is 0.243 e. The normalized spacial score (nSPS) is 14.4. The summed E-state index contributed by atoms with van der Waals surface area (Å²) < 4.78 is 38.3. The van der Waals surface area contributed by atoms with Crippen molar-refractivity contribution in [3.8, 4) is 11.5 Å². The number of aryl methyl sites for hydroxylation is 2. The zero-order valence-electron chi connectivity index (χ0n) is 20.4. The van der Waals surface area contributed by atoms with Gasteiger partial charge in [-0.05, 0) is 87.4 Å². The highest BCUT2D eigenvalue weighted by Gasteiger charge is 2.27. The van der Waals surface area contributed by atoms with Crippen molar-refractivity contribution < 1.29 is 22.7 Å². The van der Waals surface area contributed by atoms with E-state index >= 15 is 0 Å². The Hall–Kier alpha value is -2.58. The maximum Gasteiger partial charge on any atom is 0.243 e. The Labute approximate surface area is 203 Å². The van der Waals surface area contributed by atoms with E-state index in [2.05, 4.69) is 17.4 Å². The van der Waals surface area contributed by atoms with Gasteiger partial charge in [0.05, 0.1) is 18.1 Å². The maximum atomic E-state index is 12.9. The second-order valence-corrected chi connectivity index (χ2v) is 10.8. The van der Waals surface area contributed by atoms with Crippen molar-refractivity contribution in [1.82, 2.24) is 9.62 Å². The zero-order chi connectivity index (χ0) is 24.6. The summed E-state index contributed by atoms with van der Waals surface area (Å²) in [5.74, 6) is 1.40. The van der Waals surface area contributed by atoms with E-state index in [1.165, 1.54) is 9.87 Å². The number of sulfonamides is 1. The number of benzene rings is 2. The SMILES string of the molecule is COc1ccc(S(=O)(=O)N2CCCC2)cc1CCC(=O)NCCCc1ccc(OC(C)C)cc1. The van der Waals surface area contributed by atoms with Crippen molar-refractivity contribution in [2.75, 3.05) is 26.7 Å². The van der Waals surface area contributed by atoms with Gasteiger partial charge >= 0.3 is 0 Å². The predicted molar refractivity (Wildman–Crippen MR) is 133 cm³/mol. The monoisotopic (exact) mass is 488 g/mol. The van der Waals surface area contributed by atoms with Crippen LogP contribution in [0, 0.1) is 0 Å². The lowest BCUT2D eigenvalue weighted by atomic mass is 10.1. The van der Waals surface area contributed by atoms with Crippen LogP contribution in [-0.4, -0.2) is 51.5 Å². The number of hydrogen-bond acceptors (Lipinski definition) is 5. The molecule has 186 valence electrons. The molecular weight excluding hydrogens is 452 g/mol. The third kappa shape index (κ3) is 7.21. The molecule has 1 amide bonds. The molecule has 1 aliphatic rings. The molecule has 1 saturated heterocycles. The maximum absolute atomic E-state index is 12.9. The number of carbonyl (C=O) groups is 1. The standard InChI is InChI=1S/C26H36N2O5S/c1-20(2)33-23-11-8-21(9-12-23)7-6-16-27-26(29)15-10-22-19-24(13-14-25(22)32-3)34(30,31)28-17-4-5-18-28/h8-9,11-14,19-20H,4-7,10,15-18H2,1-3H3,(H,27,29). The molecule has 34 heavy (non-hydrogen) atoms. The fourth-order valence-electron chi connectivity index (χ4n) is 4.05. The van der Waals surface area contributed by atoms with Gasteiger partial charge in [0, 0.05) is 26.1 Å². The second kappa shape index (κ2) is 12.2. The van der Waals surface area contributed by atoms with Crippen LogP contribution < -0.4 is 14.8 Å². The van der Waals surface area contributed by atoms with Crippen LogP contribution in [0.3, 0.4) is 0 Å². The van der Waals surface area contributed by atoms with Gasteiger partial charge in [-0.25, -0.2) is 8.42 Å². The van der Waals surface area contributed by atoms with E-state index in [9.17, 15) is 13.2 Å². The number of methoxy groups -OCH3 is 1. The molecule has 2 aromatic rings. The largest absolute Gasteiger partial charge is 0.496 e. The Morgan fingerprint density at radius 3 is 2.41 bits per heavy atom. The molecule has 0 aromatic heterocycles. The van der Waals surface area contributed by atoms with Crippen LogP contribution in [0.15, 0.2) is 47.4 Å². The lowest BCUT2D eigenvalue weighted by Crippen LogP contribution is -2.28. The van der Waals surface area contributed by atoms with Gasteiger partial charge in [-0.2, -0.15) is 4.31 Å². The van der Waals surface area contributed by atoms with Crippen LogP contribution in [-0.2, 0) is 27.7 Å². The highest BCUT2D eigenvalue weighted by molar-refractivity contribution is 7.89. The van der Waals surface area contributed by atoms with E-state index in [0.29, 0.717) is 31.8 Å². The average molecular weight is 489 g/mol. The average Bonchev–Trinajstić information content (AvgIpc) is 3.37. The summed E-state index contributed by atoms with van der Waals surface area (Å²) in [7, 11) is -1.96. The summed E-state index contributed by atoms with van der Waals surface area (Å²) in [6.45, 7) is 5.70. The Morgan fingerprint density at radius 1 is 1.06 bits per heavy atom. The molecule has 0 bridgehead atoms. The minimum absolute atomic E-state index is 0.0597. The zero-order valence-corrected chi connectivity index (χ0v) is 21.2. The minimum Gasteiger partial charge on any atom is -0.496 e. The van der Waals surface area contributed by atoms with E-state index in [-0.39, 0.29) is 23.3 Å². The molecule has 1 fully saturated rings. The van der Waals surface area contributed by atoms with Crippen molar-refractivity contribution in [1.29, 1.82) is 0 Å². The van der Waals surface area contributed by atoms with Gasteiger partial charge in [0.15, 0.2) is 0 Å².